The summed E-state index contributed by atoms with van der Waals surface area (Å²) in [7, 11) is 0. The average molecular weight is 236 g/mol. The third-order valence-electron chi connectivity index (χ3n) is 2.41. The first-order valence-electron chi connectivity index (χ1n) is 6.05. The van der Waals surface area contributed by atoms with Gasteiger partial charge < -0.3 is 10.6 Å². The van der Waals surface area contributed by atoms with Crippen molar-refractivity contribution in [3.8, 4) is 0 Å². The molecule has 0 radical (unpaired) electrons. The van der Waals surface area contributed by atoms with E-state index >= 15 is 0 Å². The molecule has 1 atom stereocenters. The number of anilines is 1. The molecule has 1 rings (SSSR count). The Morgan fingerprint density at radius 3 is 2.88 bits per heavy atom. The Balaban J connectivity index is 2.66. The van der Waals surface area contributed by atoms with Crippen LogP contribution in [-0.4, -0.2) is 28.5 Å². The number of nitrogens with zero attached hydrogens (tertiary/aromatic N) is 2. The fourth-order valence-corrected chi connectivity index (χ4v) is 1.21. The predicted octanol–water partition coefficient (Wildman–Crippen LogP) is 1.83. The molecule has 1 aromatic rings. The van der Waals surface area contributed by atoms with Gasteiger partial charge in [0, 0.05) is 18.8 Å². The van der Waals surface area contributed by atoms with Gasteiger partial charge in [0.1, 0.15) is 5.69 Å². The molecule has 0 fully saturated rings. The van der Waals surface area contributed by atoms with E-state index in [2.05, 4.69) is 27.5 Å². The topological polar surface area (TPSA) is 66.9 Å². The highest BCUT2D eigenvalue weighted by atomic mass is 16.1. The molecule has 0 saturated heterocycles. The van der Waals surface area contributed by atoms with Crippen LogP contribution < -0.4 is 10.6 Å². The van der Waals surface area contributed by atoms with Crippen molar-refractivity contribution in [2.24, 2.45) is 0 Å². The minimum Gasteiger partial charge on any atom is -0.354 e. The zero-order chi connectivity index (χ0) is 12.7. The zero-order valence-electron chi connectivity index (χ0n) is 10.7. The van der Waals surface area contributed by atoms with E-state index < -0.39 is 0 Å². The highest BCUT2D eigenvalue weighted by Gasteiger charge is 2.10. The first kappa shape index (κ1) is 13.4. The number of rotatable bonds is 6. The van der Waals surface area contributed by atoms with Gasteiger partial charge in [-0.05, 0) is 25.8 Å². The summed E-state index contributed by atoms with van der Waals surface area (Å²) in [5.41, 5.74) is 0.402. The van der Waals surface area contributed by atoms with Gasteiger partial charge in [0.05, 0.1) is 0 Å². The smallest absolute Gasteiger partial charge is 0.270 e. The van der Waals surface area contributed by atoms with Crippen molar-refractivity contribution in [1.82, 2.24) is 15.3 Å². The number of nitrogens with one attached hydrogen (secondary N) is 2. The van der Waals surface area contributed by atoms with Crippen LogP contribution in [0.15, 0.2) is 12.3 Å². The number of aromatic nitrogens is 2. The van der Waals surface area contributed by atoms with E-state index in [-0.39, 0.29) is 11.9 Å². The van der Waals surface area contributed by atoms with Crippen molar-refractivity contribution in [1.29, 1.82) is 0 Å². The van der Waals surface area contributed by atoms with Crippen LogP contribution in [-0.2, 0) is 0 Å². The van der Waals surface area contributed by atoms with Crippen LogP contribution in [0.3, 0.4) is 0 Å². The molecule has 0 saturated carbocycles. The highest BCUT2D eigenvalue weighted by Crippen LogP contribution is 2.01. The van der Waals surface area contributed by atoms with E-state index in [1.807, 2.05) is 13.8 Å². The third-order valence-corrected chi connectivity index (χ3v) is 2.41. The quantitative estimate of drug-likeness (QED) is 0.790. The molecule has 0 aliphatic heterocycles. The summed E-state index contributed by atoms with van der Waals surface area (Å²) in [6.07, 6.45) is 3.49. The van der Waals surface area contributed by atoms with Crippen LogP contribution in [0.1, 0.15) is 44.1 Å². The van der Waals surface area contributed by atoms with Gasteiger partial charge in [-0.25, -0.2) is 9.97 Å². The van der Waals surface area contributed by atoms with E-state index in [9.17, 15) is 4.79 Å². The summed E-state index contributed by atoms with van der Waals surface area (Å²) >= 11 is 0. The number of carbonyl (C=O) groups excluding carboxylic acids is 1. The fourth-order valence-electron chi connectivity index (χ4n) is 1.21. The van der Waals surface area contributed by atoms with Crippen molar-refractivity contribution in [2.45, 2.75) is 39.7 Å². The van der Waals surface area contributed by atoms with Gasteiger partial charge >= 0.3 is 0 Å². The minimum absolute atomic E-state index is 0.152. The summed E-state index contributed by atoms with van der Waals surface area (Å²) in [5.74, 6) is 0.352. The largest absolute Gasteiger partial charge is 0.354 e. The first-order valence-corrected chi connectivity index (χ1v) is 6.05. The molecule has 2 N–H and O–H groups in total. The molecule has 0 bridgehead atoms. The van der Waals surface area contributed by atoms with Crippen LogP contribution >= 0.6 is 0 Å². The molecule has 17 heavy (non-hydrogen) atoms. The SMILES string of the molecule is CCCNc1nccc(C(=O)NC(C)CC)n1. The maximum absolute atomic E-state index is 11.8. The van der Waals surface area contributed by atoms with Gasteiger partial charge in [0.25, 0.3) is 5.91 Å². The Morgan fingerprint density at radius 2 is 2.24 bits per heavy atom. The molecule has 0 spiro atoms. The summed E-state index contributed by atoms with van der Waals surface area (Å²) in [6.45, 7) is 6.86. The fraction of sp³-hybridized carbons (Fsp3) is 0.583. The maximum Gasteiger partial charge on any atom is 0.270 e. The van der Waals surface area contributed by atoms with Crippen molar-refractivity contribution < 1.29 is 4.79 Å². The Bertz CT molecular complexity index is 367. The van der Waals surface area contributed by atoms with Crippen LogP contribution in [0, 0.1) is 0 Å². The molecule has 1 amide bonds. The van der Waals surface area contributed by atoms with Gasteiger partial charge in [-0.3, -0.25) is 4.79 Å². The predicted molar refractivity (Wildman–Crippen MR) is 68.0 cm³/mol. The summed E-state index contributed by atoms with van der Waals surface area (Å²) < 4.78 is 0. The molecule has 0 aromatic carbocycles. The molecule has 1 aromatic heterocycles. The van der Waals surface area contributed by atoms with Crippen LogP contribution in [0.4, 0.5) is 5.95 Å². The van der Waals surface area contributed by atoms with Gasteiger partial charge in [-0.1, -0.05) is 13.8 Å². The third kappa shape index (κ3) is 4.38. The molecule has 1 unspecified atom stereocenters. The van der Waals surface area contributed by atoms with Crippen LogP contribution in [0.2, 0.25) is 0 Å². The lowest BCUT2D eigenvalue weighted by Crippen LogP contribution is -2.32. The minimum atomic E-state index is -0.152. The number of amides is 1. The molecule has 1 heterocycles. The van der Waals surface area contributed by atoms with Crippen molar-refractivity contribution >= 4 is 11.9 Å². The van der Waals surface area contributed by atoms with Crippen molar-refractivity contribution in [3.05, 3.63) is 18.0 Å². The zero-order valence-corrected chi connectivity index (χ0v) is 10.7. The maximum atomic E-state index is 11.8. The molecular weight excluding hydrogens is 216 g/mol. The first-order chi connectivity index (χ1) is 8.17. The van der Waals surface area contributed by atoms with Gasteiger partial charge in [-0.2, -0.15) is 0 Å². The molecule has 94 valence electrons. The lowest BCUT2D eigenvalue weighted by molar-refractivity contribution is 0.0934. The Kier molecular flexibility index (Phi) is 5.39. The lowest BCUT2D eigenvalue weighted by atomic mass is 10.2. The molecule has 5 nitrogen and oxygen atoms in total. The lowest BCUT2D eigenvalue weighted by Gasteiger charge is -2.11. The monoisotopic (exact) mass is 236 g/mol. The second-order valence-electron chi connectivity index (χ2n) is 3.98. The Morgan fingerprint density at radius 1 is 1.47 bits per heavy atom. The standard InChI is InChI=1S/C12H20N4O/c1-4-7-13-12-14-8-6-10(16-12)11(17)15-9(3)5-2/h6,8-9H,4-5,7H2,1-3H3,(H,15,17)(H,13,14,16). The summed E-state index contributed by atoms with van der Waals surface area (Å²) in [5, 5.41) is 5.93. The van der Waals surface area contributed by atoms with E-state index in [1.54, 1.807) is 12.3 Å². The summed E-state index contributed by atoms with van der Waals surface area (Å²) in [6, 6.07) is 1.78. The van der Waals surface area contributed by atoms with E-state index in [0.717, 1.165) is 19.4 Å². The molecule has 5 heteroatoms. The number of hydrogen-bond donors (Lipinski definition) is 2. The van der Waals surface area contributed by atoms with Gasteiger partial charge in [0.15, 0.2) is 0 Å². The van der Waals surface area contributed by atoms with Crippen molar-refractivity contribution in [2.75, 3.05) is 11.9 Å². The van der Waals surface area contributed by atoms with Gasteiger partial charge in [-0.15, -0.1) is 0 Å². The second kappa shape index (κ2) is 6.83. The normalized spacial score (nSPS) is 11.9. The molecule has 0 aliphatic carbocycles. The van der Waals surface area contributed by atoms with E-state index in [0.29, 0.717) is 11.6 Å². The van der Waals surface area contributed by atoms with Crippen LogP contribution in [0.25, 0.3) is 0 Å². The Labute approximate surface area is 102 Å². The van der Waals surface area contributed by atoms with E-state index in [1.165, 1.54) is 0 Å². The van der Waals surface area contributed by atoms with Crippen molar-refractivity contribution in [3.63, 3.8) is 0 Å². The number of hydrogen-bond acceptors (Lipinski definition) is 4. The Hall–Kier alpha value is -1.65. The number of carbonyl (C=O) groups is 1. The second-order valence-corrected chi connectivity index (χ2v) is 3.98. The van der Waals surface area contributed by atoms with Gasteiger partial charge in [0.2, 0.25) is 5.95 Å². The highest BCUT2D eigenvalue weighted by molar-refractivity contribution is 5.92. The summed E-state index contributed by atoms with van der Waals surface area (Å²) in [4.78, 5) is 20.0. The van der Waals surface area contributed by atoms with E-state index in [4.69, 9.17) is 0 Å². The molecular formula is C12H20N4O. The molecule has 0 aliphatic rings. The average Bonchev–Trinajstić information content (AvgIpc) is 2.36. The van der Waals surface area contributed by atoms with Crippen LogP contribution in [0.5, 0.6) is 0 Å².